The van der Waals surface area contributed by atoms with Crippen LogP contribution in [0.1, 0.15) is 0 Å². The molecule has 0 fully saturated rings. The number of nitro benzene ring substituents is 1. The first kappa shape index (κ1) is 11.3. The van der Waals surface area contributed by atoms with Crippen molar-refractivity contribution < 1.29 is 9.55 Å². The molecular formula is C9H7ClN4O3. The molecule has 0 aliphatic rings. The first-order chi connectivity index (χ1) is 8.15. The summed E-state index contributed by atoms with van der Waals surface area (Å²) in [5.74, 6) is 0. The highest BCUT2D eigenvalue weighted by Crippen LogP contribution is 2.36. The smallest absolute Gasteiger partial charge is 0.323 e. The van der Waals surface area contributed by atoms with Crippen LogP contribution in [0.2, 0.25) is 5.02 Å². The van der Waals surface area contributed by atoms with Gasteiger partial charge in [0.25, 0.3) is 0 Å². The highest BCUT2D eigenvalue weighted by atomic mass is 35.5. The number of nitro groups is 1. The summed E-state index contributed by atoms with van der Waals surface area (Å²) in [6, 6.07) is 1.41. The Labute approximate surface area is 100 Å². The van der Waals surface area contributed by atoms with Gasteiger partial charge >= 0.3 is 5.69 Å². The van der Waals surface area contributed by atoms with E-state index in [4.69, 9.17) is 11.6 Å². The summed E-state index contributed by atoms with van der Waals surface area (Å²) < 4.78 is 4.46. The first-order valence-electron chi connectivity index (χ1n) is 4.59. The second-order valence-electron chi connectivity index (χ2n) is 3.14. The number of fused-ring (bicyclic) bond motifs is 1. The number of benzene rings is 1. The maximum Gasteiger partial charge on any atom is 0.323 e. The lowest BCUT2D eigenvalue weighted by atomic mass is 10.2. The Morgan fingerprint density at radius 3 is 2.94 bits per heavy atom. The number of rotatable bonds is 4. The van der Waals surface area contributed by atoms with E-state index in [1.807, 2.05) is 0 Å². The van der Waals surface area contributed by atoms with Crippen LogP contribution in [-0.2, 0) is 0 Å². The van der Waals surface area contributed by atoms with Gasteiger partial charge in [-0.15, -0.1) is 6.58 Å². The van der Waals surface area contributed by atoms with Gasteiger partial charge in [0.15, 0.2) is 5.52 Å². The van der Waals surface area contributed by atoms with Crippen molar-refractivity contribution >= 4 is 34.0 Å². The van der Waals surface area contributed by atoms with Crippen molar-refractivity contribution in [3.8, 4) is 0 Å². The molecule has 0 bridgehead atoms. The van der Waals surface area contributed by atoms with E-state index < -0.39 is 4.92 Å². The number of hydrogen-bond donors (Lipinski definition) is 1. The van der Waals surface area contributed by atoms with Gasteiger partial charge in [-0.05, 0) is 16.4 Å². The first-order valence-corrected chi connectivity index (χ1v) is 4.97. The number of halogens is 1. The van der Waals surface area contributed by atoms with Gasteiger partial charge in [-0.3, -0.25) is 10.1 Å². The standard InChI is InChI=1S/C9H7ClN4O3/c1-2-3-11-6-4-5(10)7-8(13-17-12-7)9(6)14(15)16/h2,4,11H,1,3H2. The van der Waals surface area contributed by atoms with Gasteiger partial charge in [0, 0.05) is 6.54 Å². The Bertz CT molecular complexity index is 595. The fraction of sp³-hybridized carbons (Fsp3) is 0.111. The van der Waals surface area contributed by atoms with E-state index in [9.17, 15) is 10.1 Å². The van der Waals surface area contributed by atoms with Crippen LogP contribution in [0.5, 0.6) is 0 Å². The summed E-state index contributed by atoms with van der Waals surface area (Å²) in [7, 11) is 0. The maximum atomic E-state index is 11.0. The van der Waals surface area contributed by atoms with Crippen LogP contribution in [0.4, 0.5) is 11.4 Å². The van der Waals surface area contributed by atoms with E-state index in [0.717, 1.165) is 0 Å². The predicted molar refractivity (Wildman–Crippen MR) is 62.2 cm³/mol. The topological polar surface area (TPSA) is 94.1 Å². The van der Waals surface area contributed by atoms with Crippen LogP contribution in [0.25, 0.3) is 11.0 Å². The molecule has 1 aromatic carbocycles. The fourth-order valence-corrected chi connectivity index (χ4v) is 1.63. The molecule has 0 unspecified atom stereocenters. The third kappa shape index (κ3) is 1.92. The number of nitrogens with zero attached hydrogens (tertiary/aromatic N) is 3. The highest BCUT2D eigenvalue weighted by Gasteiger charge is 2.24. The van der Waals surface area contributed by atoms with Crippen LogP contribution >= 0.6 is 11.6 Å². The molecule has 0 aliphatic heterocycles. The summed E-state index contributed by atoms with van der Waals surface area (Å²) in [6.45, 7) is 3.88. The summed E-state index contributed by atoms with van der Waals surface area (Å²) in [4.78, 5) is 10.4. The Balaban J connectivity index is 2.68. The molecule has 17 heavy (non-hydrogen) atoms. The zero-order valence-electron chi connectivity index (χ0n) is 8.51. The van der Waals surface area contributed by atoms with E-state index in [-0.39, 0.29) is 27.4 Å². The molecule has 0 aliphatic carbocycles. The van der Waals surface area contributed by atoms with Crippen LogP contribution in [0.3, 0.4) is 0 Å². The van der Waals surface area contributed by atoms with E-state index in [1.165, 1.54) is 6.07 Å². The van der Waals surface area contributed by atoms with Gasteiger partial charge in [0.05, 0.1) is 9.95 Å². The van der Waals surface area contributed by atoms with Gasteiger partial charge in [-0.2, -0.15) is 0 Å². The third-order valence-corrected chi connectivity index (χ3v) is 2.37. The summed E-state index contributed by atoms with van der Waals surface area (Å²) >= 11 is 5.91. The van der Waals surface area contributed by atoms with Gasteiger partial charge < -0.3 is 5.32 Å². The van der Waals surface area contributed by atoms with Crippen molar-refractivity contribution in [2.45, 2.75) is 0 Å². The van der Waals surface area contributed by atoms with E-state index in [2.05, 4.69) is 26.8 Å². The number of anilines is 1. The normalized spacial score (nSPS) is 10.4. The second-order valence-corrected chi connectivity index (χ2v) is 3.55. The summed E-state index contributed by atoms with van der Waals surface area (Å²) in [5, 5.41) is 21.0. The van der Waals surface area contributed by atoms with E-state index in [0.29, 0.717) is 6.54 Å². The molecule has 1 N–H and O–H groups in total. The average Bonchev–Trinajstić information content (AvgIpc) is 2.74. The Morgan fingerprint density at radius 1 is 1.59 bits per heavy atom. The monoisotopic (exact) mass is 254 g/mol. The van der Waals surface area contributed by atoms with Crippen molar-refractivity contribution in [3.63, 3.8) is 0 Å². The van der Waals surface area contributed by atoms with Crippen molar-refractivity contribution in [1.82, 2.24) is 10.3 Å². The minimum Gasteiger partial charge on any atom is -0.376 e. The molecule has 2 rings (SSSR count). The lowest BCUT2D eigenvalue weighted by Gasteiger charge is -2.04. The molecule has 1 heterocycles. The van der Waals surface area contributed by atoms with E-state index >= 15 is 0 Å². The van der Waals surface area contributed by atoms with Crippen LogP contribution in [0.15, 0.2) is 23.4 Å². The molecule has 0 radical (unpaired) electrons. The second kappa shape index (κ2) is 4.38. The van der Waals surface area contributed by atoms with Crippen LogP contribution in [0, 0.1) is 10.1 Å². The molecule has 0 atom stereocenters. The molecule has 0 spiro atoms. The largest absolute Gasteiger partial charge is 0.376 e. The molecule has 7 nitrogen and oxygen atoms in total. The quantitative estimate of drug-likeness (QED) is 0.511. The molecule has 88 valence electrons. The minimum atomic E-state index is -0.561. The Morgan fingerprint density at radius 2 is 2.29 bits per heavy atom. The number of nitrogens with one attached hydrogen (secondary N) is 1. The van der Waals surface area contributed by atoms with Crippen molar-refractivity contribution in [2.75, 3.05) is 11.9 Å². The van der Waals surface area contributed by atoms with Gasteiger partial charge in [-0.25, -0.2) is 4.63 Å². The SMILES string of the molecule is C=CCNc1cc(Cl)c2nonc2c1[N+](=O)[O-]. The minimum absolute atomic E-state index is 0.0223. The van der Waals surface area contributed by atoms with Gasteiger partial charge in [-0.1, -0.05) is 17.7 Å². The van der Waals surface area contributed by atoms with Crippen molar-refractivity contribution in [2.24, 2.45) is 0 Å². The summed E-state index contributed by atoms with van der Waals surface area (Å²) in [5.41, 5.74) is 0.229. The molecule has 0 saturated carbocycles. The molecule has 0 saturated heterocycles. The van der Waals surface area contributed by atoms with Gasteiger partial charge in [0.2, 0.25) is 5.52 Å². The lowest BCUT2D eigenvalue weighted by molar-refractivity contribution is -0.382. The fourth-order valence-electron chi connectivity index (χ4n) is 1.39. The predicted octanol–water partition coefficient (Wildman–Crippen LogP) is 2.38. The van der Waals surface area contributed by atoms with Crippen molar-refractivity contribution in [3.05, 3.63) is 33.9 Å². The third-order valence-electron chi connectivity index (χ3n) is 2.08. The van der Waals surface area contributed by atoms with Gasteiger partial charge in [0.1, 0.15) is 5.69 Å². The summed E-state index contributed by atoms with van der Waals surface area (Å²) in [6.07, 6.45) is 1.57. The Hall–Kier alpha value is -2.15. The van der Waals surface area contributed by atoms with E-state index in [1.54, 1.807) is 6.08 Å². The average molecular weight is 255 g/mol. The zero-order chi connectivity index (χ0) is 12.4. The Kier molecular flexibility index (Phi) is 2.92. The molecule has 2 aromatic rings. The zero-order valence-corrected chi connectivity index (χ0v) is 9.27. The molecular weight excluding hydrogens is 248 g/mol. The molecule has 1 aromatic heterocycles. The maximum absolute atomic E-state index is 11.0. The molecule has 8 heteroatoms. The number of aromatic nitrogens is 2. The molecule has 0 amide bonds. The van der Waals surface area contributed by atoms with Crippen LogP contribution in [-0.4, -0.2) is 21.8 Å². The number of hydrogen-bond acceptors (Lipinski definition) is 6. The van der Waals surface area contributed by atoms with Crippen LogP contribution < -0.4 is 5.32 Å². The lowest BCUT2D eigenvalue weighted by Crippen LogP contribution is -2.02. The highest BCUT2D eigenvalue weighted by molar-refractivity contribution is 6.35. The van der Waals surface area contributed by atoms with Crippen molar-refractivity contribution in [1.29, 1.82) is 0 Å².